The molecule has 0 N–H and O–H groups in total. The van der Waals surface area contributed by atoms with E-state index in [-0.39, 0.29) is 22.3 Å². The Bertz CT molecular complexity index is 1220. The van der Waals surface area contributed by atoms with E-state index in [0.29, 0.717) is 15.7 Å². The largest absolute Gasteiger partial charge is 0.285 e. The van der Waals surface area contributed by atoms with E-state index in [1.54, 1.807) is 85.8 Å². The summed E-state index contributed by atoms with van der Waals surface area (Å²) in [6.07, 6.45) is -1.89. The molecule has 0 saturated heterocycles. The number of rotatable bonds is 6. The van der Waals surface area contributed by atoms with Gasteiger partial charge in [-0.1, -0.05) is 54.6 Å². The van der Waals surface area contributed by atoms with E-state index in [4.69, 9.17) is 9.68 Å². The van der Waals surface area contributed by atoms with Gasteiger partial charge in [-0.15, -0.1) is 10.1 Å². The monoisotopic (exact) mass is 442 g/mol. The maximum atomic E-state index is 12.8. The van der Waals surface area contributed by atoms with Crippen molar-refractivity contribution in [2.75, 3.05) is 0 Å². The zero-order valence-corrected chi connectivity index (χ0v) is 17.5. The first-order valence-electron chi connectivity index (χ1n) is 10.3. The summed E-state index contributed by atoms with van der Waals surface area (Å²) < 4.78 is 0. The molecule has 2 aliphatic heterocycles. The third-order valence-corrected chi connectivity index (χ3v) is 5.56. The number of benzene rings is 3. The summed E-state index contributed by atoms with van der Waals surface area (Å²) in [4.78, 5) is 62.7. The molecule has 8 heteroatoms. The van der Waals surface area contributed by atoms with Crippen molar-refractivity contribution in [3.63, 3.8) is 0 Å². The van der Waals surface area contributed by atoms with E-state index in [2.05, 4.69) is 0 Å². The van der Waals surface area contributed by atoms with Crippen LogP contribution in [0, 0.1) is 0 Å². The third kappa shape index (κ3) is 3.42. The highest BCUT2D eigenvalue weighted by molar-refractivity contribution is 6.21. The van der Waals surface area contributed by atoms with E-state index in [0.717, 1.165) is 0 Å². The van der Waals surface area contributed by atoms with Crippen molar-refractivity contribution < 1.29 is 28.9 Å². The second kappa shape index (κ2) is 8.09. The van der Waals surface area contributed by atoms with Crippen LogP contribution in [0.25, 0.3) is 0 Å². The van der Waals surface area contributed by atoms with Crippen molar-refractivity contribution in [3.05, 3.63) is 107 Å². The highest BCUT2D eigenvalue weighted by atomic mass is 16.7. The molecule has 2 atom stereocenters. The van der Waals surface area contributed by atoms with Gasteiger partial charge in [0.15, 0.2) is 0 Å². The van der Waals surface area contributed by atoms with E-state index in [9.17, 15) is 19.2 Å². The van der Waals surface area contributed by atoms with Gasteiger partial charge in [-0.3, -0.25) is 28.9 Å². The summed E-state index contributed by atoms with van der Waals surface area (Å²) in [5.41, 5.74) is 1.56. The molecule has 4 amide bonds. The molecular weight excluding hydrogens is 424 g/mol. The number of hydrogen-bond acceptors (Lipinski definition) is 6. The second-order valence-electron chi connectivity index (χ2n) is 7.65. The summed E-state index contributed by atoms with van der Waals surface area (Å²) in [5, 5.41) is 1.39. The van der Waals surface area contributed by atoms with Gasteiger partial charge in [0, 0.05) is 0 Å². The van der Waals surface area contributed by atoms with Gasteiger partial charge in [-0.25, -0.2) is 0 Å². The fraction of sp³-hybridized carbons (Fsp3) is 0.120. The van der Waals surface area contributed by atoms with Gasteiger partial charge < -0.3 is 0 Å². The van der Waals surface area contributed by atoms with Crippen molar-refractivity contribution in [1.82, 2.24) is 10.1 Å². The molecule has 0 aliphatic carbocycles. The van der Waals surface area contributed by atoms with Crippen LogP contribution >= 0.6 is 0 Å². The van der Waals surface area contributed by atoms with E-state index < -0.39 is 35.8 Å². The highest BCUT2D eigenvalue weighted by Gasteiger charge is 2.42. The predicted molar refractivity (Wildman–Crippen MR) is 115 cm³/mol. The van der Waals surface area contributed by atoms with Crippen LogP contribution in [-0.4, -0.2) is 39.9 Å². The lowest BCUT2D eigenvalue weighted by Gasteiger charge is -2.29. The Kier molecular flexibility index (Phi) is 5.08. The Morgan fingerprint density at radius 3 is 1.33 bits per heavy atom. The highest BCUT2D eigenvalue weighted by Crippen LogP contribution is 2.32. The van der Waals surface area contributed by atoms with Gasteiger partial charge in [-0.05, 0) is 36.8 Å². The molecule has 3 aromatic rings. The first-order chi connectivity index (χ1) is 16.0. The molecule has 0 aromatic heterocycles. The van der Waals surface area contributed by atoms with Crippen LogP contribution in [0.15, 0.2) is 78.9 Å². The zero-order chi connectivity index (χ0) is 23.1. The molecular formula is C25H18N2O6. The molecule has 5 rings (SSSR count). The van der Waals surface area contributed by atoms with E-state index in [1.807, 2.05) is 0 Å². The Labute approximate surface area is 188 Å². The van der Waals surface area contributed by atoms with Crippen molar-refractivity contribution in [3.8, 4) is 0 Å². The summed E-state index contributed by atoms with van der Waals surface area (Å²) in [6.45, 7) is 1.60. The first-order valence-corrected chi connectivity index (χ1v) is 10.3. The molecule has 33 heavy (non-hydrogen) atoms. The lowest BCUT2D eigenvalue weighted by Crippen LogP contribution is -2.40. The van der Waals surface area contributed by atoms with E-state index in [1.165, 1.54) is 0 Å². The minimum atomic E-state index is -0.974. The van der Waals surface area contributed by atoms with Crippen molar-refractivity contribution in [1.29, 1.82) is 0 Å². The topological polar surface area (TPSA) is 93.2 Å². The van der Waals surface area contributed by atoms with Gasteiger partial charge >= 0.3 is 0 Å². The minimum Gasteiger partial charge on any atom is -0.266 e. The number of hydroxylamine groups is 4. The Hall–Kier alpha value is -4.14. The lowest BCUT2D eigenvalue weighted by atomic mass is 10.1. The Balaban J connectivity index is 1.43. The predicted octanol–water partition coefficient (Wildman–Crippen LogP) is 3.57. The quantitative estimate of drug-likeness (QED) is 0.542. The van der Waals surface area contributed by atoms with Crippen molar-refractivity contribution in [2.24, 2.45) is 0 Å². The van der Waals surface area contributed by atoms with Crippen molar-refractivity contribution in [2.45, 2.75) is 19.1 Å². The number of fused-ring (bicyclic) bond motifs is 2. The normalized spacial score (nSPS) is 16.8. The van der Waals surface area contributed by atoms with Gasteiger partial charge in [0.1, 0.15) is 12.2 Å². The van der Waals surface area contributed by atoms with Crippen LogP contribution in [0.4, 0.5) is 0 Å². The van der Waals surface area contributed by atoms with E-state index >= 15 is 0 Å². The number of hydrogen-bond donors (Lipinski definition) is 0. The summed E-state index contributed by atoms with van der Waals surface area (Å²) >= 11 is 0. The van der Waals surface area contributed by atoms with Crippen LogP contribution in [0.3, 0.4) is 0 Å². The number of carbonyl (C=O) groups excluding carboxylic acids is 4. The molecule has 2 heterocycles. The van der Waals surface area contributed by atoms with Crippen LogP contribution < -0.4 is 0 Å². The maximum absolute atomic E-state index is 12.8. The van der Waals surface area contributed by atoms with Crippen LogP contribution in [-0.2, 0) is 9.68 Å². The molecule has 0 bridgehead atoms. The smallest absolute Gasteiger partial charge is 0.266 e. The molecule has 164 valence electrons. The van der Waals surface area contributed by atoms with Crippen molar-refractivity contribution >= 4 is 23.6 Å². The summed E-state index contributed by atoms with van der Waals surface area (Å²) in [7, 11) is 0. The Morgan fingerprint density at radius 2 is 0.909 bits per heavy atom. The first kappa shape index (κ1) is 20.7. The second-order valence-corrected chi connectivity index (χ2v) is 7.65. The number of nitrogens with zero attached hydrogens (tertiary/aromatic N) is 2. The van der Waals surface area contributed by atoms with Gasteiger partial charge in [0.2, 0.25) is 0 Å². The van der Waals surface area contributed by atoms with Gasteiger partial charge in [0.25, 0.3) is 23.6 Å². The molecule has 0 spiro atoms. The Morgan fingerprint density at radius 1 is 0.545 bits per heavy atom. The summed E-state index contributed by atoms with van der Waals surface area (Å²) in [5.74, 6) is -2.36. The minimum absolute atomic E-state index is 0.239. The summed E-state index contributed by atoms with van der Waals surface area (Å²) in [6, 6.07) is 21.7. The van der Waals surface area contributed by atoms with Gasteiger partial charge in [0.05, 0.1) is 22.3 Å². The maximum Gasteiger partial charge on any atom is 0.285 e. The number of amides is 4. The molecule has 0 fully saturated rings. The molecule has 3 aromatic carbocycles. The standard InChI is InChI=1S/C25H18N2O6/c1-15(32-26-22(28)17-11-5-6-12-18(17)23(26)29)21(16-9-3-2-4-10-16)33-27-24(30)19-13-7-8-14-20(19)25(27)31/h2-15,21H,1H3. The molecule has 8 nitrogen and oxygen atoms in total. The number of imide groups is 2. The fourth-order valence-corrected chi connectivity index (χ4v) is 3.92. The molecule has 0 radical (unpaired) electrons. The third-order valence-electron chi connectivity index (χ3n) is 5.56. The SMILES string of the molecule is CC(ON1C(=O)c2ccccc2C1=O)C(ON1C(=O)c2ccccc2C1=O)c1ccccc1. The number of carbonyl (C=O) groups is 4. The average Bonchev–Trinajstić information content (AvgIpc) is 3.23. The van der Waals surface area contributed by atoms with Gasteiger partial charge in [-0.2, -0.15) is 0 Å². The average molecular weight is 442 g/mol. The molecule has 2 unspecified atom stereocenters. The van der Waals surface area contributed by atoms with Crippen LogP contribution in [0.5, 0.6) is 0 Å². The molecule has 0 saturated carbocycles. The molecule has 2 aliphatic rings. The van der Waals surface area contributed by atoms with Crippen LogP contribution in [0.1, 0.15) is 60.0 Å². The lowest BCUT2D eigenvalue weighted by molar-refractivity contribution is -0.215. The zero-order valence-electron chi connectivity index (χ0n) is 17.5. The fourth-order valence-electron chi connectivity index (χ4n) is 3.92. The van der Waals surface area contributed by atoms with Crippen LogP contribution in [0.2, 0.25) is 0 Å².